The molecule has 3 aromatic rings. The molecule has 0 spiro atoms. The van der Waals surface area contributed by atoms with E-state index >= 15 is 0 Å². The van der Waals surface area contributed by atoms with Crippen molar-refractivity contribution in [3.63, 3.8) is 0 Å². The third-order valence-electron chi connectivity index (χ3n) is 6.53. The first-order chi connectivity index (χ1) is 15.6. The van der Waals surface area contributed by atoms with Gasteiger partial charge in [0.15, 0.2) is 17.2 Å². The number of nitrogens with zero attached hydrogens (tertiary/aromatic N) is 5. The van der Waals surface area contributed by atoms with Gasteiger partial charge in [0.25, 0.3) is 0 Å². The Kier molecular flexibility index (Phi) is 4.44. The molecule has 9 heteroatoms. The summed E-state index contributed by atoms with van der Waals surface area (Å²) >= 11 is 0. The number of hydrogen-bond donors (Lipinski definition) is 1. The molecule has 32 heavy (non-hydrogen) atoms. The van der Waals surface area contributed by atoms with Crippen LogP contribution >= 0.6 is 0 Å². The first-order valence-electron chi connectivity index (χ1n) is 11.1. The van der Waals surface area contributed by atoms with E-state index in [0.29, 0.717) is 41.6 Å². The molecule has 3 atom stereocenters. The van der Waals surface area contributed by atoms with Gasteiger partial charge in [-0.05, 0) is 32.3 Å². The predicted octanol–water partition coefficient (Wildman–Crippen LogP) is 3.31. The zero-order chi connectivity index (χ0) is 21.8. The third kappa shape index (κ3) is 3.14. The van der Waals surface area contributed by atoms with E-state index in [1.807, 2.05) is 13.1 Å². The van der Waals surface area contributed by atoms with Gasteiger partial charge in [-0.2, -0.15) is 5.10 Å². The van der Waals surface area contributed by atoms with Gasteiger partial charge in [-0.1, -0.05) is 13.0 Å². The molecular formula is C23H25FN6O2. The summed E-state index contributed by atoms with van der Waals surface area (Å²) < 4.78 is 28.5. The monoisotopic (exact) mass is 436 g/mol. The Balaban J connectivity index is 1.55. The Morgan fingerprint density at radius 1 is 1.22 bits per heavy atom. The topological polar surface area (TPSA) is 76.8 Å². The molecule has 5 heterocycles. The predicted molar refractivity (Wildman–Crippen MR) is 117 cm³/mol. The molecule has 2 aliphatic heterocycles. The van der Waals surface area contributed by atoms with Gasteiger partial charge < -0.3 is 19.7 Å². The van der Waals surface area contributed by atoms with Crippen molar-refractivity contribution >= 4 is 17.2 Å². The molecule has 1 saturated carbocycles. The van der Waals surface area contributed by atoms with Gasteiger partial charge in [0.1, 0.15) is 18.0 Å². The fourth-order valence-electron chi connectivity index (χ4n) is 4.94. The number of nitrogens with one attached hydrogen (secondary N) is 1. The molecule has 1 N–H and O–H groups in total. The second-order valence-corrected chi connectivity index (χ2v) is 8.80. The number of halogens is 1. The fraction of sp³-hybridized carbons (Fsp3) is 0.435. The molecular weight excluding hydrogens is 411 g/mol. The molecule has 0 radical (unpaired) electrons. The maximum atomic E-state index is 14.2. The third-order valence-corrected chi connectivity index (χ3v) is 6.53. The second-order valence-electron chi connectivity index (χ2n) is 8.80. The highest BCUT2D eigenvalue weighted by Gasteiger charge is 2.39. The Hall–Kier alpha value is -3.36. The van der Waals surface area contributed by atoms with Gasteiger partial charge in [0.05, 0.1) is 43.3 Å². The highest BCUT2D eigenvalue weighted by Crippen LogP contribution is 2.41. The van der Waals surface area contributed by atoms with E-state index in [2.05, 4.69) is 26.9 Å². The summed E-state index contributed by atoms with van der Waals surface area (Å²) in [5, 5.41) is 7.78. The zero-order valence-electron chi connectivity index (χ0n) is 17.9. The number of aromatic nitrogens is 4. The van der Waals surface area contributed by atoms with Crippen molar-refractivity contribution in [2.75, 3.05) is 11.4 Å². The quantitative estimate of drug-likeness (QED) is 0.579. The summed E-state index contributed by atoms with van der Waals surface area (Å²) in [7, 11) is 0. The summed E-state index contributed by atoms with van der Waals surface area (Å²) in [5.41, 5.74) is 2.94. The van der Waals surface area contributed by atoms with E-state index in [1.165, 1.54) is 12.3 Å². The number of hydrogen-bond acceptors (Lipinski definition) is 7. The van der Waals surface area contributed by atoms with Crippen molar-refractivity contribution < 1.29 is 13.9 Å². The number of ether oxygens (including phenoxy) is 2. The minimum Gasteiger partial charge on any atom is -0.483 e. The second kappa shape index (κ2) is 7.36. The first kappa shape index (κ1) is 19.3. The Morgan fingerprint density at radius 2 is 2.09 bits per heavy atom. The summed E-state index contributed by atoms with van der Waals surface area (Å²) in [4.78, 5) is 11.5. The van der Waals surface area contributed by atoms with Crippen LogP contribution in [0.5, 0.6) is 11.6 Å². The SMILES string of the molecule is C=C1NC[C@H](C)Oc2ncc(F)cc2CN2c3nc4c1cnn4cc3O[C@H]1CCCC[C@H]12. The molecule has 1 fully saturated rings. The van der Waals surface area contributed by atoms with Crippen LogP contribution in [0.2, 0.25) is 0 Å². The first-order valence-corrected chi connectivity index (χ1v) is 11.1. The molecule has 0 saturated heterocycles. The lowest BCUT2D eigenvalue weighted by molar-refractivity contribution is 0.110. The van der Waals surface area contributed by atoms with Crippen LogP contribution in [0.25, 0.3) is 11.3 Å². The molecule has 3 aliphatic rings. The fourth-order valence-corrected chi connectivity index (χ4v) is 4.94. The highest BCUT2D eigenvalue weighted by molar-refractivity contribution is 5.75. The van der Waals surface area contributed by atoms with Gasteiger partial charge in [-0.15, -0.1) is 0 Å². The van der Waals surface area contributed by atoms with E-state index < -0.39 is 0 Å². The molecule has 166 valence electrons. The normalized spacial score (nSPS) is 24.9. The largest absolute Gasteiger partial charge is 0.483 e. The summed E-state index contributed by atoms with van der Waals surface area (Å²) in [6, 6.07) is 1.66. The molecule has 0 aromatic carbocycles. The minimum atomic E-state index is -0.383. The van der Waals surface area contributed by atoms with Crippen LogP contribution in [-0.4, -0.2) is 44.4 Å². The number of rotatable bonds is 0. The number of fused-ring (bicyclic) bond motifs is 3. The van der Waals surface area contributed by atoms with Gasteiger partial charge in [-0.3, -0.25) is 0 Å². The molecule has 0 amide bonds. The molecule has 1 aliphatic carbocycles. The lowest BCUT2D eigenvalue weighted by Gasteiger charge is -2.45. The maximum absolute atomic E-state index is 14.2. The van der Waals surface area contributed by atoms with E-state index in [1.54, 1.807) is 10.7 Å². The van der Waals surface area contributed by atoms with Gasteiger partial charge in [0, 0.05) is 11.3 Å². The van der Waals surface area contributed by atoms with Crippen molar-refractivity contribution in [1.82, 2.24) is 24.9 Å². The Bertz CT molecular complexity index is 1210. The van der Waals surface area contributed by atoms with Crippen LogP contribution in [-0.2, 0) is 6.54 Å². The molecule has 8 nitrogen and oxygen atoms in total. The lowest BCUT2D eigenvalue weighted by Crippen LogP contribution is -2.51. The molecule has 0 unspecified atom stereocenters. The van der Waals surface area contributed by atoms with Crippen LogP contribution in [0.1, 0.15) is 43.7 Å². The number of pyridine rings is 1. The van der Waals surface area contributed by atoms with E-state index in [4.69, 9.17) is 14.5 Å². The van der Waals surface area contributed by atoms with Gasteiger partial charge in [0.2, 0.25) is 5.88 Å². The summed E-state index contributed by atoms with van der Waals surface area (Å²) in [6.45, 7) is 7.07. The number of anilines is 1. The average molecular weight is 436 g/mol. The van der Waals surface area contributed by atoms with E-state index in [9.17, 15) is 4.39 Å². The van der Waals surface area contributed by atoms with E-state index in [0.717, 1.165) is 37.1 Å². The van der Waals surface area contributed by atoms with Crippen molar-refractivity contribution in [3.05, 3.63) is 48.2 Å². The smallest absolute Gasteiger partial charge is 0.218 e. The van der Waals surface area contributed by atoms with Gasteiger partial charge >= 0.3 is 0 Å². The average Bonchev–Trinajstić information content (AvgIpc) is 3.20. The summed E-state index contributed by atoms with van der Waals surface area (Å²) in [5.74, 6) is 1.47. The van der Waals surface area contributed by atoms with Crippen molar-refractivity contribution in [3.8, 4) is 11.6 Å². The maximum Gasteiger partial charge on any atom is 0.218 e. The van der Waals surface area contributed by atoms with Crippen LogP contribution < -0.4 is 19.7 Å². The van der Waals surface area contributed by atoms with Crippen molar-refractivity contribution in [2.24, 2.45) is 0 Å². The van der Waals surface area contributed by atoms with Crippen molar-refractivity contribution in [1.29, 1.82) is 0 Å². The summed E-state index contributed by atoms with van der Waals surface area (Å²) in [6.07, 6.45) is 8.93. The molecule has 6 rings (SSSR count). The van der Waals surface area contributed by atoms with Crippen LogP contribution in [0, 0.1) is 5.82 Å². The Labute approximate surface area is 185 Å². The van der Waals surface area contributed by atoms with Crippen LogP contribution in [0.4, 0.5) is 10.2 Å². The van der Waals surface area contributed by atoms with E-state index in [-0.39, 0.29) is 24.1 Å². The molecule has 2 bridgehead atoms. The standard InChI is InChI=1S/C23H25FN6O2/c1-13-8-25-14(2)17-10-27-30-12-20-22(28-21(17)30)29(18-5-3-4-6-19(18)32-20)11-15-7-16(24)9-26-23(15)31-13/h7,9-10,12-13,18-19,25H,2-6,8,11H2,1H3/t13-,18+,19-/m0/s1. The Morgan fingerprint density at radius 3 is 3.00 bits per heavy atom. The lowest BCUT2D eigenvalue weighted by atomic mass is 9.89. The van der Waals surface area contributed by atoms with Crippen molar-refractivity contribution in [2.45, 2.75) is 57.4 Å². The minimum absolute atomic E-state index is 0.0580. The molecule has 3 aromatic heterocycles. The highest BCUT2D eigenvalue weighted by atomic mass is 19.1. The van der Waals surface area contributed by atoms with Gasteiger partial charge in [-0.25, -0.2) is 18.9 Å². The van der Waals surface area contributed by atoms with Crippen LogP contribution in [0.15, 0.2) is 31.2 Å². The zero-order valence-corrected chi connectivity index (χ0v) is 17.9. The van der Waals surface area contributed by atoms with Crippen LogP contribution in [0.3, 0.4) is 0 Å².